The number of benzene rings is 4. The number of nitrogens with one attached hydrogen (secondary N) is 1. The first-order valence-electron chi connectivity index (χ1n) is 13.1. The second-order valence-electron chi connectivity index (χ2n) is 9.28. The lowest BCUT2D eigenvalue weighted by Crippen LogP contribution is -2.34. The Hall–Kier alpha value is -4.71. The van der Waals surface area contributed by atoms with Gasteiger partial charge in [-0.1, -0.05) is 97.1 Å². The summed E-state index contributed by atoms with van der Waals surface area (Å²) in [5.74, 6) is -1.44. The van der Waals surface area contributed by atoms with E-state index in [-0.39, 0.29) is 24.8 Å². The number of aliphatic carboxylic acids is 1. The highest BCUT2D eigenvalue weighted by Crippen LogP contribution is 2.28. The van der Waals surface area contributed by atoms with E-state index in [1.54, 1.807) is 29.2 Å². The van der Waals surface area contributed by atoms with Gasteiger partial charge < -0.3 is 15.3 Å². The standard InChI is InChI=1S/C33H32N2O4/c36-31(37)21-23-35(22-11-16-25-12-3-1-4-13-25)33(39)30-20-10-8-18-28(30)27-17-7-9-19-29(27)32(38)34-24-26-14-5-2-6-15-26/h1-10,12-15,17-20H,11,16,21-24H2,(H,34,38)(H,36,37). The third-order valence-electron chi connectivity index (χ3n) is 6.53. The molecule has 6 heteroatoms. The molecule has 0 spiro atoms. The van der Waals surface area contributed by atoms with E-state index in [9.17, 15) is 19.5 Å². The summed E-state index contributed by atoms with van der Waals surface area (Å²) in [6.45, 7) is 0.921. The summed E-state index contributed by atoms with van der Waals surface area (Å²) < 4.78 is 0. The van der Waals surface area contributed by atoms with Crippen molar-refractivity contribution >= 4 is 17.8 Å². The number of carbonyl (C=O) groups is 3. The zero-order valence-electron chi connectivity index (χ0n) is 21.8. The molecule has 0 bridgehead atoms. The second-order valence-corrected chi connectivity index (χ2v) is 9.28. The molecule has 39 heavy (non-hydrogen) atoms. The summed E-state index contributed by atoms with van der Waals surface area (Å²) in [6.07, 6.45) is 1.34. The predicted octanol–water partition coefficient (Wildman–Crippen LogP) is 5.83. The van der Waals surface area contributed by atoms with Crippen LogP contribution in [-0.4, -0.2) is 40.9 Å². The largest absolute Gasteiger partial charge is 0.481 e. The molecule has 0 fully saturated rings. The molecule has 0 aliphatic heterocycles. The van der Waals surface area contributed by atoms with E-state index in [0.717, 1.165) is 12.0 Å². The maximum Gasteiger partial charge on any atom is 0.305 e. The molecule has 0 aromatic heterocycles. The van der Waals surface area contributed by atoms with Crippen molar-refractivity contribution in [3.63, 3.8) is 0 Å². The number of hydrogen-bond acceptors (Lipinski definition) is 3. The minimum Gasteiger partial charge on any atom is -0.481 e. The van der Waals surface area contributed by atoms with Crippen molar-refractivity contribution in [1.29, 1.82) is 0 Å². The first-order chi connectivity index (χ1) is 19.0. The number of carbonyl (C=O) groups excluding carboxylic acids is 2. The molecule has 0 atom stereocenters. The van der Waals surface area contributed by atoms with Crippen LogP contribution in [0.3, 0.4) is 0 Å². The molecule has 4 aromatic carbocycles. The van der Waals surface area contributed by atoms with Crippen molar-refractivity contribution in [1.82, 2.24) is 10.2 Å². The van der Waals surface area contributed by atoms with Gasteiger partial charge in [-0.05, 0) is 47.2 Å². The van der Waals surface area contributed by atoms with Gasteiger partial charge in [-0.2, -0.15) is 0 Å². The minimum absolute atomic E-state index is 0.108. The van der Waals surface area contributed by atoms with Gasteiger partial charge in [-0.15, -0.1) is 0 Å². The number of carboxylic acids is 1. The van der Waals surface area contributed by atoms with Gasteiger partial charge in [-0.25, -0.2) is 0 Å². The molecular weight excluding hydrogens is 488 g/mol. The Morgan fingerprint density at radius 3 is 1.82 bits per heavy atom. The van der Waals surface area contributed by atoms with Gasteiger partial charge in [0.1, 0.15) is 0 Å². The van der Waals surface area contributed by atoms with E-state index in [1.165, 1.54) is 5.56 Å². The fraction of sp³-hybridized carbons (Fsp3) is 0.182. The lowest BCUT2D eigenvalue weighted by molar-refractivity contribution is -0.137. The van der Waals surface area contributed by atoms with E-state index >= 15 is 0 Å². The second kappa shape index (κ2) is 13.7. The van der Waals surface area contributed by atoms with Crippen LogP contribution in [0.1, 0.15) is 44.7 Å². The molecule has 4 aromatic rings. The van der Waals surface area contributed by atoms with Crippen LogP contribution in [0, 0.1) is 0 Å². The fourth-order valence-corrected chi connectivity index (χ4v) is 4.53. The molecule has 0 saturated heterocycles. The molecule has 0 aliphatic carbocycles. The van der Waals surface area contributed by atoms with Gasteiger partial charge in [0.25, 0.3) is 11.8 Å². The maximum atomic E-state index is 13.8. The van der Waals surface area contributed by atoms with Crippen molar-refractivity contribution in [2.45, 2.75) is 25.8 Å². The maximum absolute atomic E-state index is 13.8. The van der Waals surface area contributed by atoms with Crippen LogP contribution in [-0.2, 0) is 17.8 Å². The molecule has 0 radical (unpaired) electrons. The molecule has 0 unspecified atom stereocenters. The number of rotatable bonds is 12. The Balaban J connectivity index is 1.57. The molecule has 0 saturated carbocycles. The zero-order valence-corrected chi connectivity index (χ0v) is 21.8. The van der Waals surface area contributed by atoms with E-state index in [1.807, 2.05) is 84.9 Å². The summed E-state index contributed by atoms with van der Waals surface area (Å²) >= 11 is 0. The SMILES string of the molecule is O=C(O)CCN(CCCc1ccccc1)C(=O)c1ccccc1-c1ccccc1C(=O)NCc1ccccc1. The number of aryl methyl sites for hydroxylation is 1. The van der Waals surface area contributed by atoms with E-state index in [2.05, 4.69) is 5.32 Å². The van der Waals surface area contributed by atoms with Crippen LogP contribution in [0.2, 0.25) is 0 Å². The number of hydrogen-bond donors (Lipinski definition) is 2. The molecule has 0 aliphatic rings. The van der Waals surface area contributed by atoms with Gasteiger partial charge in [0.2, 0.25) is 0 Å². The molecular formula is C33H32N2O4. The van der Waals surface area contributed by atoms with Crippen molar-refractivity contribution in [3.8, 4) is 11.1 Å². The van der Waals surface area contributed by atoms with Crippen LogP contribution < -0.4 is 5.32 Å². The van der Waals surface area contributed by atoms with Crippen molar-refractivity contribution in [2.75, 3.05) is 13.1 Å². The average Bonchev–Trinajstić information content (AvgIpc) is 2.98. The zero-order chi connectivity index (χ0) is 27.5. The Labute approximate surface area is 228 Å². The fourth-order valence-electron chi connectivity index (χ4n) is 4.53. The van der Waals surface area contributed by atoms with Crippen molar-refractivity contribution in [2.24, 2.45) is 0 Å². The highest BCUT2D eigenvalue weighted by Gasteiger charge is 2.22. The minimum atomic E-state index is -0.954. The summed E-state index contributed by atoms with van der Waals surface area (Å²) in [5.41, 5.74) is 4.34. The smallest absolute Gasteiger partial charge is 0.305 e. The van der Waals surface area contributed by atoms with E-state index < -0.39 is 5.97 Å². The quantitative estimate of drug-likeness (QED) is 0.246. The number of nitrogens with zero attached hydrogens (tertiary/aromatic N) is 1. The summed E-state index contributed by atoms with van der Waals surface area (Å²) in [6, 6.07) is 34.1. The number of amides is 2. The number of carboxylic acid groups (broad SMARTS) is 1. The Morgan fingerprint density at radius 1 is 0.641 bits per heavy atom. The van der Waals surface area contributed by atoms with Crippen molar-refractivity contribution < 1.29 is 19.5 Å². The van der Waals surface area contributed by atoms with Crippen LogP contribution in [0.4, 0.5) is 0 Å². The molecule has 2 N–H and O–H groups in total. The lowest BCUT2D eigenvalue weighted by Gasteiger charge is -2.24. The molecule has 0 heterocycles. The molecule has 198 valence electrons. The van der Waals surface area contributed by atoms with E-state index in [0.29, 0.717) is 41.8 Å². The lowest BCUT2D eigenvalue weighted by atomic mass is 9.94. The predicted molar refractivity (Wildman–Crippen MR) is 152 cm³/mol. The van der Waals surface area contributed by atoms with Crippen molar-refractivity contribution in [3.05, 3.63) is 131 Å². The Morgan fingerprint density at radius 2 is 1.18 bits per heavy atom. The van der Waals surface area contributed by atoms with Gasteiger partial charge in [0, 0.05) is 30.8 Å². The first-order valence-corrected chi connectivity index (χ1v) is 13.1. The molecule has 6 nitrogen and oxygen atoms in total. The monoisotopic (exact) mass is 520 g/mol. The Bertz CT molecular complexity index is 1400. The molecule has 4 rings (SSSR count). The highest BCUT2D eigenvalue weighted by molar-refractivity contribution is 6.06. The van der Waals surface area contributed by atoms with Gasteiger partial charge in [0.05, 0.1) is 6.42 Å². The van der Waals surface area contributed by atoms with E-state index in [4.69, 9.17) is 0 Å². The average molecular weight is 521 g/mol. The summed E-state index contributed by atoms with van der Waals surface area (Å²) in [5, 5.41) is 12.3. The normalized spacial score (nSPS) is 10.6. The summed E-state index contributed by atoms with van der Waals surface area (Å²) in [4.78, 5) is 40.0. The van der Waals surface area contributed by atoms with Gasteiger partial charge >= 0.3 is 5.97 Å². The van der Waals surface area contributed by atoms with Crippen LogP contribution in [0.25, 0.3) is 11.1 Å². The highest BCUT2D eigenvalue weighted by atomic mass is 16.4. The van der Waals surface area contributed by atoms with Gasteiger partial charge in [-0.3, -0.25) is 14.4 Å². The third-order valence-corrected chi connectivity index (χ3v) is 6.53. The van der Waals surface area contributed by atoms with Crippen LogP contribution in [0.15, 0.2) is 109 Å². The summed E-state index contributed by atoms with van der Waals surface area (Å²) in [7, 11) is 0. The topological polar surface area (TPSA) is 86.7 Å². The first kappa shape index (κ1) is 27.3. The third kappa shape index (κ3) is 7.65. The Kier molecular flexibility index (Phi) is 9.62. The molecule has 2 amide bonds. The van der Waals surface area contributed by atoms with Gasteiger partial charge in [0.15, 0.2) is 0 Å². The van der Waals surface area contributed by atoms with Crippen LogP contribution in [0.5, 0.6) is 0 Å². The van der Waals surface area contributed by atoms with Crippen LogP contribution >= 0.6 is 0 Å².